The standard InChI is InChI=1S/C20H15ClN4O3S/c1-28-20-18(9-14(21)10-24-20)19-17-3-2-16(8-13(17)4-7-23-19)29(26,27)11-15-5-6-22-12-25-15/h2-10,12H,11H2,1H3. The lowest BCUT2D eigenvalue weighted by Crippen LogP contribution is -2.06. The third-order valence-electron chi connectivity index (χ3n) is 4.34. The Hall–Kier alpha value is -3.10. The number of benzene rings is 1. The Morgan fingerprint density at radius 3 is 2.66 bits per heavy atom. The maximum Gasteiger partial charge on any atom is 0.222 e. The van der Waals surface area contributed by atoms with Gasteiger partial charge in [-0.05, 0) is 35.7 Å². The van der Waals surface area contributed by atoms with E-state index in [1.54, 1.807) is 42.6 Å². The van der Waals surface area contributed by atoms with Crippen molar-refractivity contribution in [3.8, 4) is 17.1 Å². The van der Waals surface area contributed by atoms with E-state index in [4.69, 9.17) is 16.3 Å². The van der Waals surface area contributed by atoms with Crippen molar-refractivity contribution in [2.24, 2.45) is 0 Å². The number of halogens is 1. The lowest BCUT2D eigenvalue weighted by Gasteiger charge is -2.11. The lowest BCUT2D eigenvalue weighted by molar-refractivity contribution is 0.399. The minimum atomic E-state index is -3.57. The Kier molecular flexibility index (Phi) is 5.12. The number of rotatable bonds is 5. The van der Waals surface area contributed by atoms with Gasteiger partial charge in [0.05, 0.1) is 39.7 Å². The third-order valence-corrected chi connectivity index (χ3v) is 6.20. The molecule has 4 aromatic rings. The lowest BCUT2D eigenvalue weighted by atomic mass is 10.1. The van der Waals surface area contributed by atoms with Crippen molar-refractivity contribution < 1.29 is 13.2 Å². The molecule has 0 aliphatic rings. The number of pyridine rings is 2. The van der Waals surface area contributed by atoms with Crippen LogP contribution in [0.15, 0.2) is 66.2 Å². The molecular weight excluding hydrogens is 412 g/mol. The van der Waals surface area contributed by atoms with E-state index in [2.05, 4.69) is 19.9 Å². The number of sulfone groups is 1. The zero-order valence-corrected chi connectivity index (χ0v) is 16.9. The van der Waals surface area contributed by atoms with Crippen LogP contribution < -0.4 is 4.74 Å². The van der Waals surface area contributed by atoms with Gasteiger partial charge in [0.15, 0.2) is 9.84 Å². The quantitative estimate of drug-likeness (QED) is 0.479. The first-order valence-electron chi connectivity index (χ1n) is 8.54. The van der Waals surface area contributed by atoms with E-state index >= 15 is 0 Å². The Morgan fingerprint density at radius 2 is 1.90 bits per heavy atom. The van der Waals surface area contributed by atoms with E-state index in [1.807, 2.05) is 0 Å². The number of methoxy groups -OCH3 is 1. The van der Waals surface area contributed by atoms with Gasteiger partial charge in [0, 0.05) is 24.0 Å². The molecule has 3 heterocycles. The Balaban J connectivity index is 1.80. The van der Waals surface area contributed by atoms with Crippen LogP contribution in [0.25, 0.3) is 22.0 Å². The minimum absolute atomic E-state index is 0.203. The van der Waals surface area contributed by atoms with Gasteiger partial charge in [0.1, 0.15) is 6.33 Å². The highest BCUT2D eigenvalue weighted by Crippen LogP contribution is 2.34. The highest BCUT2D eigenvalue weighted by Gasteiger charge is 2.19. The first kappa shape index (κ1) is 19.2. The van der Waals surface area contributed by atoms with Crippen LogP contribution in [-0.4, -0.2) is 35.5 Å². The number of fused-ring (bicyclic) bond motifs is 1. The molecule has 0 radical (unpaired) electrons. The van der Waals surface area contributed by atoms with E-state index in [0.29, 0.717) is 27.9 Å². The van der Waals surface area contributed by atoms with Crippen LogP contribution in [-0.2, 0) is 15.6 Å². The van der Waals surface area contributed by atoms with Gasteiger partial charge in [-0.2, -0.15) is 0 Å². The monoisotopic (exact) mass is 426 g/mol. The third kappa shape index (κ3) is 3.90. The Morgan fingerprint density at radius 1 is 1.03 bits per heavy atom. The summed E-state index contributed by atoms with van der Waals surface area (Å²) < 4.78 is 31.0. The molecule has 0 saturated heterocycles. The van der Waals surface area contributed by atoms with Gasteiger partial charge in [-0.25, -0.2) is 23.4 Å². The molecule has 1 aromatic carbocycles. The summed E-state index contributed by atoms with van der Waals surface area (Å²) in [6, 6.07) is 9.97. The topological polar surface area (TPSA) is 94.9 Å². The van der Waals surface area contributed by atoms with Crippen LogP contribution in [0.1, 0.15) is 5.69 Å². The maximum absolute atomic E-state index is 12.8. The summed E-state index contributed by atoms with van der Waals surface area (Å²) in [5.74, 6) is 0.181. The molecule has 0 aliphatic carbocycles. The van der Waals surface area contributed by atoms with Crippen molar-refractivity contribution in [2.45, 2.75) is 10.6 Å². The van der Waals surface area contributed by atoms with Crippen LogP contribution >= 0.6 is 11.6 Å². The fraction of sp³-hybridized carbons (Fsp3) is 0.100. The number of aromatic nitrogens is 4. The average molecular weight is 427 g/mol. The van der Waals surface area contributed by atoms with Gasteiger partial charge < -0.3 is 4.74 Å². The molecule has 4 rings (SSSR count). The van der Waals surface area contributed by atoms with Gasteiger partial charge in [0.25, 0.3) is 0 Å². The van der Waals surface area contributed by atoms with Gasteiger partial charge in [-0.3, -0.25) is 4.98 Å². The smallest absolute Gasteiger partial charge is 0.222 e. The number of hydrogen-bond donors (Lipinski definition) is 0. The molecule has 9 heteroatoms. The Bertz CT molecular complexity index is 1300. The second-order valence-electron chi connectivity index (χ2n) is 6.21. The van der Waals surface area contributed by atoms with Crippen LogP contribution in [0, 0.1) is 0 Å². The van der Waals surface area contributed by atoms with E-state index in [-0.39, 0.29) is 10.6 Å². The van der Waals surface area contributed by atoms with Crippen molar-refractivity contribution in [1.82, 2.24) is 19.9 Å². The molecule has 29 heavy (non-hydrogen) atoms. The van der Waals surface area contributed by atoms with Gasteiger partial charge >= 0.3 is 0 Å². The average Bonchev–Trinajstić information content (AvgIpc) is 2.73. The maximum atomic E-state index is 12.8. The van der Waals surface area contributed by atoms with Crippen LogP contribution in [0.2, 0.25) is 5.02 Å². The first-order chi connectivity index (χ1) is 14.0. The zero-order chi connectivity index (χ0) is 20.4. The molecule has 3 aromatic heterocycles. The summed E-state index contributed by atoms with van der Waals surface area (Å²) in [4.78, 5) is 16.6. The number of hydrogen-bond acceptors (Lipinski definition) is 7. The van der Waals surface area contributed by atoms with E-state index in [9.17, 15) is 8.42 Å². The first-order valence-corrected chi connectivity index (χ1v) is 10.6. The number of nitrogens with zero attached hydrogens (tertiary/aromatic N) is 4. The van der Waals surface area contributed by atoms with Crippen molar-refractivity contribution in [3.63, 3.8) is 0 Å². The summed E-state index contributed by atoms with van der Waals surface area (Å²) in [6.07, 6.45) is 5.95. The molecule has 0 fully saturated rings. The fourth-order valence-electron chi connectivity index (χ4n) is 3.00. The zero-order valence-electron chi connectivity index (χ0n) is 15.3. The largest absolute Gasteiger partial charge is 0.481 e. The summed E-state index contributed by atoms with van der Waals surface area (Å²) >= 11 is 6.10. The van der Waals surface area contributed by atoms with Gasteiger partial charge in [-0.1, -0.05) is 17.7 Å². The highest BCUT2D eigenvalue weighted by atomic mass is 35.5. The second kappa shape index (κ2) is 7.73. The molecule has 7 nitrogen and oxygen atoms in total. The summed E-state index contributed by atoms with van der Waals surface area (Å²) in [5, 5.41) is 1.93. The van der Waals surface area contributed by atoms with Crippen molar-refractivity contribution >= 4 is 32.2 Å². The molecule has 0 spiro atoms. The summed E-state index contributed by atoms with van der Waals surface area (Å²) in [6.45, 7) is 0. The minimum Gasteiger partial charge on any atom is -0.481 e. The molecule has 146 valence electrons. The highest BCUT2D eigenvalue weighted by molar-refractivity contribution is 7.90. The molecule has 0 atom stereocenters. The molecule has 0 unspecified atom stereocenters. The Labute approximate surface area is 172 Å². The summed E-state index contributed by atoms with van der Waals surface area (Å²) in [7, 11) is -2.05. The van der Waals surface area contributed by atoms with Crippen molar-refractivity contribution in [3.05, 3.63) is 72.0 Å². The SMILES string of the molecule is COc1ncc(Cl)cc1-c1nccc2cc(S(=O)(=O)Cc3ccncn3)ccc12. The molecular formula is C20H15ClN4O3S. The van der Waals surface area contributed by atoms with Crippen LogP contribution in [0.4, 0.5) is 0 Å². The van der Waals surface area contributed by atoms with E-state index in [0.717, 1.165) is 10.8 Å². The van der Waals surface area contributed by atoms with Crippen molar-refractivity contribution in [1.29, 1.82) is 0 Å². The predicted octanol–water partition coefficient (Wildman–Crippen LogP) is 3.72. The van der Waals surface area contributed by atoms with Gasteiger partial charge in [0.2, 0.25) is 5.88 Å². The second-order valence-corrected chi connectivity index (χ2v) is 8.64. The summed E-state index contributed by atoms with van der Waals surface area (Å²) in [5.41, 5.74) is 1.67. The fourth-order valence-corrected chi connectivity index (χ4v) is 4.47. The molecule has 0 amide bonds. The number of ether oxygens (including phenoxy) is 1. The molecule has 0 bridgehead atoms. The van der Waals surface area contributed by atoms with E-state index in [1.165, 1.54) is 25.8 Å². The molecule has 0 saturated carbocycles. The van der Waals surface area contributed by atoms with Crippen LogP contribution in [0.5, 0.6) is 5.88 Å². The molecule has 0 N–H and O–H groups in total. The van der Waals surface area contributed by atoms with Crippen molar-refractivity contribution in [2.75, 3.05) is 7.11 Å². The molecule has 0 aliphatic heterocycles. The predicted molar refractivity (Wildman–Crippen MR) is 109 cm³/mol. The van der Waals surface area contributed by atoms with Crippen LogP contribution in [0.3, 0.4) is 0 Å². The van der Waals surface area contributed by atoms with Gasteiger partial charge in [-0.15, -0.1) is 0 Å². The normalized spacial score (nSPS) is 11.5. The van der Waals surface area contributed by atoms with E-state index < -0.39 is 9.84 Å².